The number of rotatable bonds is 4. The van der Waals surface area contributed by atoms with Crippen LogP contribution in [0.15, 0.2) is 18.2 Å². The van der Waals surface area contributed by atoms with E-state index in [2.05, 4.69) is 4.74 Å². The Labute approximate surface area is 83.6 Å². The number of halogens is 1. The van der Waals surface area contributed by atoms with Crippen molar-refractivity contribution < 1.29 is 18.8 Å². The number of nitro benzene ring substituents is 1. The number of carbonyl (C=O) groups is 1. The Bertz CT molecular complexity index is 408. The molecule has 2 N–H and O–H groups in total. The summed E-state index contributed by atoms with van der Waals surface area (Å²) >= 11 is 0. The van der Waals surface area contributed by atoms with Gasteiger partial charge >= 0.3 is 0 Å². The van der Waals surface area contributed by atoms with Gasteiger partial charge in [-0.05, 0) is 6.07 Å². The molecule has 0 saturated carbocycles. The molecule has 0 aliphatic heterocycles. The zero-order valence-electron chi connectivity index (χ0n) is 7.47. The standard InChI is InChI=1S/C8H7FN2O4/c9-6-3-5(11(13)14)1-2-7(6)15-4-8(10)12/h1-3H,4H2,(H2,10,12). The highest BCUT2D eigenvalue weighted by Crippen LogP contribution is 2.22. The van der Waals surface area contributed by atoms with E-state index in [0.29, 0.717) is 6.07 Å². The molecule has 0 aliphatic rings. The Morgan fingerprint density at radius 2 is 2.27 bits per heavy atom. The maximum Gasteiger partial charge on any atom is 0.272 e. The van der Waals surface area contributed by atoms with Crippen LogP contribution in [0, 0.1) is 15.9 Å². The van der Waals surface area contributed by atoms with Crippen molar-refractivity contribution in [2.24, 2.45) is 5.73 Å². The fourth-order valence-corrected chi connectivity index (χ4v) is 0.869. The molecule has 0 bridgehead atoms. The van der Waals surface area contributed by atoms with Gasteiger partial charge in [-0.15, -0.1) is 0 Å². The Morgan fingerprint density at radius 1 is 1.60 bits per heavy atom. The molecule has 1 aromatic rings. The summed E-state index contributed by atoms with van der Waals surface area (Å²) in [6.07, 6.45) is 0. The molecule has 1 rings (SSSR count). The number of hydrogen-bond donors (Lipinski definition) is 1. The molecule has 7 heteroatoms. The van der Waals surface area contributed by atoms with E-state index in [9.17, 15) is 19.3 Å². The SMILES string of the molecule is NC(=O)COc1ccc([N+](=O)[O-])cc1F. The highest BCUT2D eigenvalue weighted by atomic mass is 19.1. The van der Waals surface area contributed by atoms with Gasteiger partial charge in [0, 0.05) is 6.07 Å². The first-order valence-electron chi connectivity index (χ1n) is 3.85. The van der Waals surface area contributed by atoms with Gasteiger partial charge in [0.1, 0.15) is 0 Å². The summed E-state index contributed by atoms with van der Waals surface area (Å²) in [6, 6.07) is 2.84. The molecule has 0 fully saturated rings. The maximum atomic E-state index is 13.1. The minimum absolute atomic E-state index is 0.251. The molecule has 0 unspecified atom stereocenters. The molecule has 0 aliphatic carbocycles. The van der Waals surface area contributed by atoms with E-state index in [1.54, 1.807) is 0 Å². The van der Waals surface area contributed by atoms with Crippen LogP contribution >= 0.6 is 0 Å². The number of ether oxygens (including phenoxy) is 1. The predicted octanol–water partition coefficient (Wildman–Crippen LogP) is 0.598. The summed E-state index contributed by atoms with van der Waals surface area (Å²) in [4.78, 5) is 19.8. The normalized spacial score (nSPS) is 9.67. The van der Waals surface area contributed by atoms with Crippen molar-refractivity contribution in [2.75, 3.05) is 6.61 Å². The third kappa shape index (κ3) is 2.90. The minimum Gasteiger partial charge on any atom is -0.481 e. The van der Waals surface area contributed by atoms with Crippen LogP contribution in [0.5, 0.6) is 5.75 Å². The summed E-state index contributed by atoms with van der Waals surface area (Å²) in [5.41, 5.74) is 4.38. The van der Waals surface area contributed by atoms with Gasteiger partial charge in [-0.2, -0.15) is 0 Å². The first kappa shape index (κ1) is 10.9. The number of amides is 1. The van der Waals surface area contributed by atoms with Crippen LogP contribution in [-0.4, -0.2) is 17.4 Å². The van der Waals surface area contributed by atoms with Crippen LogP contribution in [0.25, 0.3) is 0 Å². The van der Waals surface area contributed by atoms with Crippen LogP contribution in [0.3, 0.4) is 0 Å². The van der Waals surface area contributed by atoms with Gasteiger partial charge in [-0.25, -0.2) is 4.39 Å². The second kappa shape index (κ2) is 4.36. The van der Waals surface area contributed by atoms with Gasteiger partial charge in [0.15, 0.2) is 18.2 Å². The maximum absolute atomic E-state index is 13.1. The quantitative estimate of drug-likeness (QED) is 0.586. The van der Waals surface area contributed by atoms with Crippen molar-refractivity contribution in [1.82, 2.24) is 0 Å². The number of benzene rings is 1. The number of primary amides is 1. The second-order valence-electron chi connectivity index (χ2n) is 2.63. The second-order valence-corrected chi connectivity index (χ2v) is 2.63. The van der Waals surface area contributed by atoms with E-state index < -0.39 is 23.3 Å². The van der Waals surface area contributed by atoms with E-state index in [1.165, 1.54) is 0 Å². The third-order valence-electron chi connectivity index (χ3n) is 1.50. The number of nitro groups is 1. The minimum atomic E-state index is -0.912. The van der Waals surface area contributed by atoms with E-state index in [1.807, 2.05) is 0 Å². The highest BCUT2D eigenvalue weighted by Gasteiger charge is 2.11. The first-order valence-corrected chi connectivity index (χ1v) is 3.85. The molecule has 0 aromatic heterocycles. The topological polar surface area (TPSA) is 95.5 Å². The summed E-state index contributed by atoms with van der Waals surface area (Å²) in [5, 5.41) is 10.3. The number of non-ortho nitro benzene ring substituents is 1. The molecule has 1 amide bonds. The van der Waals surface area contributed by atoms with Crippen LogP contribution in [0.4, 0.5) is 10.1 Å². The van der Waals surface area contributed by atoms with E-state index in [4.69, 9.17) is 5.73 Å². The van der Waals surface area contributed by atoms with Gasteiger partial charge in [0.25, 0.3) is 11.6 Å². The van der Waals surface area contributed by atoms with Gasteiger partial charge in [0.2, 0.25) is 0 Å². The lowest BCUT2D eigenvalue weighted by Gasteiger charge is -2.03. The van der Waals surface area contributed by atoms with Crippen LogP contribution in [-0.2, 0) is 4.79 Å². The molecule has 1 aromatic carbocycles. The molecular weight excluding hydrogens is 207 g/mol. The van der Waals surface area contributed by atoms with Gasteiger partial charge < -0.3 is 10.5 Å². The Kier molecular flexibility index (Phi) is 3.17. The van der Waals surface area contributed by atoms with Crippen LogP contribution < -0.4 is 10.5 Å². The monoisotopic (exact) mass is 214 g/mol. The summed E-state index contributed by atoms with van der Waals surface area (Å²) < 4.78 is 17.7. The Balaban J connectivity index is 2.83. The Morgan fingerprint density at radius 3 is 2.73 bits per heavy atom. The molecule has 15 heavy (non-hydrogen) atoms. The lowest BCUT2D eigenvalue weighted by molar-refractivity contribution is -0.385. The lowest BCUT2D eigenvalue weighted by atomic mass is 10.3. The zero-order valence-corrected chi connectivity index (χ0v) is 7.47. The molecule has 6 nitrogen and oxygen atoms in total. The average Bonchev–Trinajstić information content (AvgIpc) is 2.15. The van der Waals surface area contributed by atoms with Gasteiger partial charge in [0.05, 0.1) is 11.0 Å². The van der Waals surface area contributed by atoms with Crippen molar-refractivity contribution in [3.63, 3.8) is 0 Å². The van der Waals surface area contributed by atoms with Crippen molar-refractivity contribution in [3.05, 3.63) is 34.1 Å². The average molecular weight is 214 g/mol. The molecule has 0 spiro atoms. The third-order valence-corrected chi connectivity index (χ3v) is 1.50. The van der Waals surface area contributed by atoms with Crippen molar-refractivity contribution >= 4 is 11.6 Å². The van der Waals surface area contributed by atoms with Crippen molar-refractivity contribution in [2.45, 2.75) is 0 Å². The lowest BCUT2D eigenvalue weighted by Crippen LogP contribution is -2.20. The molecule has 0 saturated heterocycles. The fourth-order valence-electron chi connectivity index (χ4n) is 0.869. The number of nitrogens with two attached hydrogens (primary N) is 1. The van der Waals surface area contributed by atoms with Crippen molar-refractivity contribution in [3.8, 4) is 5.75 Å². The molecular formula is C8H7FN2O4. The number of carbonyl (C=O) groups excluding carboxylic acids is 1. The van der Waals surface area contributed by atoms with Gasteiger partial charge in [-0.1, -0.05) is 0 Å². The van der Waals surface area contributed by atoms with Crippen LogP contribution in [0.2, 0.25) is 0 Å². The Hall–Kier alpha value is -2.18. The van der Waals surface area contributed by atoms with E-state index in [0.717, 1.165) is 12.1 Å². The summed E-state index contributed by atoms with van der Waals surface area (Å²) in [6.45, 7) is -0.477. The predicted molar refractivity (Wildman–Crippen MR) is 47.7 cm³/mol. The molecule has 0 heterocycles. The molecule has 0 radical (unpaired) electrons. The largest absolute Gasteiger partial charge is 0.481 e. The number of hydrogen-bond acceptors (Lipinski definition) is 4. The summed E-state index contributed by atoms with van der Waals surface area (Å²) in [7, 11) is 0. The number of nitrogens with zero attached hydrogens (tertiary/aromatic N) is 1. The smallest absolute Gasteiger partial charge is 0.272 e. The molecule has 80 valence electrons. The fraction of sp³-hybridized carbons (Fsp3) is 0.125. The first-order chi connectivity index (χ1) is 7.00. The zero-order chi connectivity index (χ0) is 11.4. The summed E-state index contributed by atoms with van der Waals surface area (Å²) in [5.74, 6) is -1.92. The van der Waals surface area contributed by atoms with Crippen LogP contribution in [0.1, 0.15) is 0 Å². The van der Waals surface area contributed by atoms with E-state index >= 15 is 0 Å². The molecule has 0 atom stereocenters. The van der Waals surface area contributed by atoms with E-state index in [-0.39, 0.29) is 11.4 Å². The highest BCUT2D eigenvalue weighted by molar-refractivity contribution is 5.75. The van der Waals surface area contributed by atoms with Crippen molar-refractivity contribution in [1.29, 1.82) is 0 Å². The van der Waals surface area contributed by atoms with Gasteiger partial charge in [-0.3, -0.25) is 14.9 Å².